The van der Waals surface area contributed by atoms with Crippen LogP contribution in [-0.4, -0.2) is 26.2 Å². The molecular weight excluding hydrogens is 354 g/mol. The minimum Gasteiger partial charge on any atom is -0.369 e. The summed E-state index contributed by atoms with van der Waals surface area (Å²) in [6, 6.07) is 24.0. The first kappa shape index (κ1) is 19.3. The summed E-state index contributed by atoms with van der Waals surface area (Å²) in [4.78, 5) is 2.45. The summed E-state index contributed by atoms with van der Waals surface area (Å²) in [6.07, 6.45) is 2.85. The third kappa shape index (κ3) is 4.69. The van der Waals surface area contributed by atoms with E-state index in [2.05, 4.69) is 95.8 Å². The van der Waals surface area contributed by atoms with E-state index in [1.807, 2.05) is 6.08 Å². The van der Waals surface area contributed by atoms with E-state index in [-0.39, 0.29) is 0 Å². The van der Waals surface area contributed by atoms with Gasteiger partial charge in [-0.1, -0.05) is 49.1 Å². The van der Waals surface area contributed by atoms with Crippen molar-refractivity contribution in [2.45, 2.75) is 13.3 Å². The molecule has 0 bridgehead atoms. The number of nitrogens with zero attached hydrogens (tertiary/aromatic N) is 1. The molecule has 1 saturated heterocycles. The highest BCUT2D eigenvalue weighted by molar-refractivity contribution is 5.73. The second-order valence-electron chi connectivity index (χ2n) is 7.65. The zero-order valence-corrected chi connectivity index (χ0v) is 17.1. The lowest BCUT2D eigenvalue weighted by Gasteiger charge is -2.29. The molecular formula is C26H29N3. The predicted octanol–water partition coefficient (Wildman–Crippen LogP) is 5.38. The normalized spacial score (nSPS) is 13.9. The lowest BCUT2D eigenvalue weighted by atomic mass is 10.0. The molecule has 0 unspecified atom stereocenters. The molecule has 1 fully saturated rings. The van der Waals surface area contributed by atoms with E-state index in [4.69, 9.17) is 0 Å². The van der Waals surface area contributed by atoms with Crippen LogP contribution in [0.5, 0.6) is 0 Å². The van der Waals surface area contributed by atoms with Crippen molar-refractivity contribution in [3.63, 3.8) is 0 Å². The Morgan fingerprint density at radius 2 is 1.66 bits per heavy atom. The van der Waals surface area contributed by atoms with E-state index in [1.165, 1.54) is 22.4 Å². The Labute approximate surface area is 174 Å². The number of benzene rings is 3. The van der Waals surface area contributed by atoms with Crippen molar-refractivity contribution in [2.24, 2.45) is 0 Å². The molecule has 0 radical (unpaired) electrons. The van der Waals surface area contributed by atoms with Crippen LogP contribution in [0.3, 0.4) is 0 Å². The third-order valence-electron chi connectivity index (χ3n) is 5.58. The minimum atomic E-state index is 0.924. The lowest BCUT2D eigenvalue weighted by Crippen LogP contribution is -2.43. The van der Waals surface area contributed by atoms with Gasteiger partial charge in [-0.15, -0.1) is 0 Å². The summed E-state index contributed by atoms with van der Waals surface area (Å²) in [5.41, 5.74) is 8.53. The molecule has 3 aromatic carbocycles. The smallest absolute Gasteiger partial charge is 0.0457 e. The fourth-order valence-corrected chi connectivity index (χ4v) is 3.85. The van der Waals surface area contributed by atoms with Crippen LogP contribution >= 0.6 is 0 Å². The molecule has 0 amide bonds. The molecule has 0 aliphatic carbocycles. The maximum atomic E-state index is 4.02. The van der Waals surface area contributed by atoms with Gasteiger partial charge >= 0.3 is 0 Å². The second-order valence-corrected chi connectivity index (χ2v) is 7.65. The molecule has 1 aliphatic heterocycles. The topological polar surface area (TPSA) is 27.3 Å². The number of anilines is 3. The number of nitrogens with one attached hydrogen (secondary N) is 2. The number of para-hydroxylation sites is 1. The van der Waals surface area contributed by atoms with Gasteiger partial charge in [0, 0.05) is 43.2 Å². The van der Waals surface area contributed by atoms with Crippen LogP contribution in [0.25, 0.3) is 6.08 Å². The summed E-state index contributed by atoms with van der Waals surface area (Å²) >= 11 is 0. The van der Waals surface area contributed by atoms with E-state index < -0.39 is 0 Å². The van der Waals surface area contributed by atoms with Crippen LogP contribution in [0.15, 0.2) is 73.3 Å². The number of piperazine rings is 1. The summed E-state index contributed by atoms with van der Waals surface area (Å²) in [6.45, 7) is 10.4. The van der Waals surface area contributed by atoms with Gasteiger partial charge in [0.15, 0.2) is 0 Å². The Kier molecular flexibility index (Phi) is 5.97. The fourth-order valence-electron chi connectivity index (χ4n) is 3.85. The molecule has 4 rings (SSSR count). The van der Waals surface area contributed by atoms with Gasteiger partial charge < -0.3 is 15.5 Å². The number of hydrogen-bond acceptors (Lipinski definition) is 3. The fraction of sp³-hybridized carbons (Fsp3) is 0.231. The first-order valence-corrected chi connectivity index (χ1v) is 10.4. The van der Waals surface area contributed by atoms with Crippen molar-refractivity contribution in [2.75, 3.05) is 36.4 Å². The van der Waals surface area contributed by atoms with Crippen molar-refractivity contribution < 1.29 is 0 Å². The summed E-state index contributed by atoms with van der Waals surface area (Å²) in [7, 11) is 0. The van der Waals surface area contributed by atoms with Crippen LogP contribution in [0.4, 0.5) is 17.1 Å². The van der Waals surface area contributed by atoms with Gasteiger partial charge in [-0.2, -0.15) is 0 Å². The van der Waals surface area contributed by atoms with Crippen LogP contribution in [0.2, 0.25) is 0 Å². The molecule has 0 aromatic heterocycles. The monoisotopic (exact) mass is 383 g/mol. The quantitative estimate of drug-likeness (QED) is 0.598. The van der Waals surface area contributed by atoms with Gasteiger partial charge in [0.2, 0.25) is 0 Å². The van der Waals surface area contributed by atoms with E-state index in [0.717, 1.165) is 49.5 Å². The first-order valence-electron chi connectivity index (χ1n) is 10.4. The van der Waals surface area contributed by atoms with Crippen molar-refractivity contribution in [3.8, 4) is 0 Å². The largest absolute Gasteiger partial charge is 0.369 e. The lowest BCUT2D eigenvalue weighted by molar-refractivity contribution is 0.589. The Bertz CT molecular complexity index is 969. The molecule has 0 atom stereocenters. The molecule has 1 heterocycles. The molecule has 3 aromatic rings. The predicted molar refractivity (Wildman–Crippen MR) is 125 cm³/mol. The average Bonchev–Trinajstić information content (AvgIpc) is 2.77. The Hall–Kier alpha value is -3.04. The molecule has 0 spiro atoms. The average molecular weight is 384 g/mol. The van der Waals surface area contributed by atoms with Gasteiger partial charge in [-0.3, -0.25) is 0 Å². The van der Waals surface area contributed by atoms with Gasteiger partial charge in [0.1, 0.15) is 0 Å². The van der Waals surface area contributed by atoms with Gasteiger partial charge in [-0.05, 0) is 65.9 Å². The van der Waals surface area contributed by atoms with E-state index in [1.54, 1.807) is 0 Å². The standard InChI is InChI=1S/C26H29N3/c1-3-23-19-22(10-13-26(23)28-25-7-5-4-6-20(25)2)18-21-8-11-24(12-9-21)29-16-14-27-15-17-29/h3-13,19,27-28H,1,14-18H2,2H3. The highest BCUT2D eigenvalue weighted by atomic mass is 15.2. The van der Waals surface area contributed by atoms with Crippen LogP contribution < -0.4 is 15.5 Å². The maximum absolute atomic E-state index is 4.02. The molecule has 0 saturated carbocycles. The van der Waals surface area contributed by atoms with Crippen molar-refractivity contribution in [1.29, 1.82) is 0 Å². The second kappa shape index (κ2) is 8.97. The third-order valence-corrected chi connectivity index (χ3v) is 5.58. The highest BCUT2D eigenvalue weighted by Gasteiger charge is 2.10. The zero-order valence-electron chi connectivity index (χ0n) is 17.1. The minimum absolute atomic E-state index is 0.924. The Morgan fingerprint density at radius 1 is 0.931 bits per heavy atom. The van der Waals surface area contributed by atoms with E-state index in [9.17, 15) is 0 Å². The van der Waals surface area contributed by atoms with Crippen LogP contribution in [0, 0.1) is 6.92 Å². The summed E-state index contributed by atoms with van der Waals surface area (Å²) in [5.74, 6) is 0. The molecule has 1 aliphatic rings. The Balaban J connectivity index is 1.47. The van der Waals surface area contributed by atoms with Gasteiger partial charge in [-0.25, -0.2) is 0 Å². The van der Waals surface area contributed by atoms with Gasteiger partial charge in [0.25, 0.3) is 0 Å². The maximum Gasteiger partial charge on any atom is 0.0457 e. The van der Waals surface area contributed by atoms with Crippen molar-refractivity contribution in [3.05, 3.63) is 95.6 Å². The molecule has 29 heavy (non-hydrogen) atoms. The van der Waals surface area contributed by atoms with E-state index in [0.29, 0.717) is 0 Å². The molecule has 3 nitrogen and oxygen atoms in total. The van der Waals surface area contributed by atoms with E-state index >= 15 is 0 Å². The highest BCUT2D eigenvalue weighted by Crippen LogP contribution is 2.26. The molecule has 148 valence electrons. The zero-order chi connectivity index (χ0) is 20.1. The van der Waals surface area contributed by atoms with Crippen LogP contribution in [-0.2, 0) is 6.42 Å². The van der Waals surface area contributed by atoms with Crippen LogP contribution in [0.1, 0.15) is 22.3 Å². The van der Waals surface area contributed by atoms with Crippen molar-refractivity contribution in [1.82, 2.24) is 5.32 Å². The number of aryl methyl sites for hydroxylation is 1. The molecule has 2 N–H and O–H groups in total. The summed E-state index contributed by atoms with van der Waals surface area (Å²) < 4.78 is 0. The first-order chi connectivity index (χ1) is 14.2. The molecule has 3 heteroatoms. The Morgan fingerprint density at radius 3 is 2.38 bits per heavy atom. The summed E-state index contributed by atoms with van der Waals surface area (Å²) in [5, 5.41) is 6.95. The van der Waals surface area contributed by atoms with Gasteiger partial charge in [0.05, 0.1) is 0 Å². The number of rotatable bonds is 6. The van der Waals surface area contributed by atoms with Crippen molar-refractivity contribution >= 4 is 23.1 Å². The SMILES string of the molecule is C=Cc1cc(Cc2ccc(N3CCNCC3)cc2)ccc1Nc1ccccc1C. The number of hydrogen-bond donors (Lipinski definition) is 2.